The summed E-state index contributed by atoms with van der Waals surface area (Å²) in [6.45, 7) is 0. The summed E-state index contributed by atoms with van der Waals surface area (Å²) in [6.07, 6.45) is 7.71. The van der Waals surface area contributed by atoms with Crippen molar-refractivity contribution >= 4 is 46.2 Å². The van der Waals surface area contributed by atoms with Gasteiger partial charge in [0.2, 0.25) is 11.6 Å². The van der Waals surface area contributed by atoms with E-state index in [0.29, 0.717) is 10.1 Å². The van der Waals surface area contributed by atoms with E-state index in [9.17, 15) is 20.0 Å². The van der Waals surface area contributed by atoms with Gasteiger partial charge in [0.05, 0.1) is 0 Å². The van der Waals surface area contributed by atoms with Gasteiger partial charge in [-0.3, -0.25) is 9.59 Å². The van der Waals surface area contributed by atoms with Crippen LogP contribution in [0.3, 0.4) is 0 Å². The molecule has 0 saturated heterocycles. The summed E-state index contributed by atoms with van der Waals surface area (Å²) in [5.41, 5.74) is -0.292. The fraction of sp³-hybridized carbons (Fsp3) is 0. The number of nitrogens with zero attached hydrogens (tertiary/aromatic N) is 2. The summed E-state index contributed by atoms with van der Waals surface area (Å²) in [5.74, 6) is -0.807. The third-order valence-electron chi connectivity index (χ3n) is 2.04. The van der Waals surface area contributed by atoms with Crippen LogP contribution in [0.4, 0.5) is 0 Å². The Hall–Kier alpha value is -1.69. The zero-order valence-electron chi connectivity index (χ0n) is 10.1. The number of halogens is 2. The normalized spacial score (nSPS) is 20.5. The number of rotatable bonds is 0. The molecule has 2 aliphatic rings. The van der Waals surface area contributed by atoms with Gasteiger partial charge in [0.25, 0.3) is 0 Å². The predicted molar refractivity (Wildman–Crippen MR) is 77.8 cm³/mol. The van der Waals surface area contributed by atoms with Crippen LogP contribution in [0.2, 0.25) is 0 Å². The topological polar surface area (TPSA) is 105 Å². The molecule has 2 aliphatic carbocycles. The summed E-state index contributed by atoms with van der Waals surface area (Å²) in [4.78, 5) is 21.3. The largest absolute Gasteiger partial charge is 0.791 e. The summed E-state index contributed by atoms with van der Waals surface area (Å²) in [7, 11) is 0. The molecule has 0 aliphatic heterocycles. The van der Waals surface area contributed by atoms with E-state index in [0.717, 1.165) is 0 Å². The van der Waals surface area contributed by atoms with Gasteiger partial charge in [-0.15, -0.1) is 0 Å². The summed E-state index contributed by atoms with van der Waals surface area (Å²) >= 11 is 10.9. The molecule has 0 radical (unpaired) electrons. The van der Waals surface area contributed by atoms with Gasteiger partial charge in [0, 0.05) is 26.6 Å². The van der Waals surface area contributed by atoms with Crippen LogP contribution < -0.4 is 0 Å². The van der Waals surface area contributed by atoms with Crippen molar-refractivity contribution in [2.24, 2.45) is 10.3 Å². The Balaban J connectivity index is 0.000000364. The number of hydrogen-bond acceptors (Lipinski definition) is 6. The van der Waals surface area contributed by atoms with Gasteiger partial charge in [-0.25, -0.2) is 0 Å². The minimum absolute atomic E-state index is 0. The van der Waals surface area contributed by atoms with Crippen molar-refractivity contribution in [1.82, 2.24) is 0 Å². The van der Waals surface area contributed by atoms with Crippen LogP contribution in [0.1, 0.15) is 0 Å². The molecule has 2 rings (SSSR count). The van der Waals surface area contributed by atoms with E-state index in [2.05, 4.69) is 10.3 Å². The number of carbonyl (C=O) groups is 2. The fourth-order valence-corrected chi connectivity index (χ4v) is 1.46. The Morgan fingerprint density at radius 2 is 1.10 bits per heavy atom. The Morgan fingerprint density at radius 1 is 0.762 bits per heavy atom. The maximum Gasteiger partial charge on any atom is 0.203 e. The minimum Gasteiger partial charge on any atom is -0.791 e. The van der Waals surface area contributed by atoms with Crippen LogP contribution in [0.25, 0.3) is 0 Å². The van der Waals surface area contributed by atoms with Gasteiger partial charge >= 0.3 is 0 Å². The summed E-state index contributed by atoms with van der Waals surface area (Å²) in [5, 5.41) is 25.4. The van der Waals surface area contributed by atoms with E-state index < -0.39 is 11.6 Å². The van der Waals surface area contributed by atoms with Gasteiger partial charge in [0.1, 0.15) is 11.4 Å². The molecule has 0 amide bonds. The number of allylic oxidation sites excluding steroid dienone is 8. The molecule has 0 spiro atoms. The van der Waals surface area contributed by atoms with Crippen molar-refractivity contribution in [3.8, 4) is 0 Å². The molecule has 0 aromatic heterocycles. The average Bonchev–Trinajstić information content (AvgIpc) is 2.44. The van der Waals surface area contributed by atoms with Crippen molar-refractivity contribution in [1.29, 1.82) is 0 Å². The zero-order chi connectivity index (χ0) is 15.1. The van der Waals surface area contributed by atoms with Crippen molar-refractivity contribution < 1.29 is 26.1 Å². The van der Waals surface area contributed by atoms with Crippen molar-refractivity contribution in [2.45, 2.75) is 0 Å². The Bertz CT molecular complexity index is 565. The van der Waals surface area contributed by atoms with Gasteiger partial charge in [0.15, 0.2) is 0 Å². The number of hydrogen-bond donors (Lipinski definition) is 0. The van der Waals surface area contributed by atoms with Crippen LogP contribution in [-0.2, 0) is 26.1 Å². The molecular formula is C12H6Cl2N2NiO4-2. The Morgan fingerprint density at radius 3 is 1.33 bits per heavy atom. The summed E-state index contributed by atoms with van der Waals surface area (Å²) < 4.78 is 0. The standard InChI is InChI=1S/2C6H4ClNO2.Ni/c2*7-4-1-2-6(9)5(3-4)8-10;/h2*1-3,10H;/p-2/b2*8-5+;. The second kappa shape index (κ2) is 9.29. The van der Waals surface area contributed by atoms with E-state index in [-0.39, 0.29) is 27.9 Å². The van der Waals surface area contributed by atoms with E-state index >= 15 is 0 Å². The molecule has 0 bridgehead atoms. The molecule has 0 unspecified atom stereocenters. The third-order valence-corrected chi connectivity index (χ3v) is 2.51. The Kier molecular flexibility index (Phi) is 8.54. The average molecular weight is 372 g/mol. The molecular weight excluding hydrogens is 366 g/mol. The maximum absolute atomic E-state index is 10.7. The molecule has 0 heterocycles. The van der Waals surface area contributed by atoms with Crippen molar-refractivity contribution in [3.05, 3.63) is 56.9 Å². The number of carbonyl (C=O) groups excluding carboxylic acids is 2. The summed E-state index contributed by atoms with van der Waals surface area (Å²) in [6, 6.07) is 0. The van der Waals surface area contributed by atoms with Gasteiger partial charge in [-0.2, -0.15) is 0 Å². The molecule has 114 valence electrons. The molecule has 0 N–H and O–H groups in total. The Labute approximate surface area is 139 Å². The van der Waals surface area contributed by atoms with Crippen molar-refractivity contribution in [2.75, 3.05) is 0 Å². The van der Waals surface area contributed by atoms with E-state index in [4.69, 9.17) is 23.2 Å². The smallest absolute Gasteiger partial charge is 0.203 e. The first-order chi connectivity index (χ1) is 9.47. The van der Waals surface area contributed by atoms with Crippen LogP contribution in [0, 0.1) is 10.4 Å². The predicted octanol–water partition coefficient (Wildman–Crippen LogP) is 2.37. The molecule has 21 heavy (non-hydrogen) atoms. The van der Waals surface area contributed by atoms with Gasteiger partial charge in [-0.05, 0) is 36.5 Å². The first kappa shape index (κ1) is 19.3. The third kappa shape index (κ3) is 6.08. The first-order valence-electron chi connectivity index (χ1n) is 5.07. The second-order valence-electron chi connectivity index (χ2n) is 3.41. The van der Waals surface area contributed by atoms with E-state index in [1.54, 1.807) is 0 Å². The minimum atomic E-state index is -0.403. The van der Waals surface area contributed by atoms with Crippen molar-refractivity contribution in [3.63, 3.8) is 0 Å². The second-order valence-corrected chi connectivity index (χ2v) is 4.28. The molecule has 0 fully saturated rings. The molecule has 9 heteroatoms. The quantitative estimate of drug-likeness (QED) is 0.370. The maximum atomic E-state index is 10.7. The van der Waals surface area contributed by atoms with Crippen LogP contribution >= 0.6 is 23.2 Å². The fourth-order valence-electron chi connectivity index (χ4n) is 1.12. The molecule has 6 nitrogen and oxygen atoms in total. The first-order valence-corrected chi connectivity index (χ1v) is 5.83. The van der Waals surface area contributed by atoms with Crippen LogP contribution in [-0.4, -0.2) is 23.0 Å². The van der Waals surface area contributed by atoms with E-state index in [1.807, 2.05) is 0 Å². The molecule has 0 aromatic rings. The van der Waals surface area contributed by atoms with E-state index in [1.165, 1.54) is 36.5 Å². The molecule has 0 saturated carbocycles. The number of ketones is 2. The van der Waals surface area contributed by atoms with Crippen LogP contribution in [0.15, 0.2) is 56.8 Å². The zero-order valence-corrected chi connectivity index (χ0v) is 12.6. The molecule has 0 aromatic carbocycles. The van der Waals surface area contributed by atoms with Gasteiger partial charge in [-0.1, -0.05) is 23.2 Å². The van der Waals surface area contributed by atoms with Gasteiger partial charge < -0.3 is 20.7 Å². The SMILES string of the molecule is O=C1C=CC(Cl)=C/C1=N\[O-].O=C1C=CC(Cl)=C/C1=N\[O-].[Ni]. The molecule has 0 atom stereocenters. The van der Waals surface area contributed by atoms with Crippen LogP contribution in [0.5, 0.6) is 0 Å². The monoisotopic (exact) mass is 370 g/mol.